The topological polar surface area (TPSA) is 59.6 Å². The van der Waals surface area contributed by atoms with Crippen molar-refractivity contribution in [2.24, 2.45) is 0 Å². The highest BCUT2D eigenvalue weighted by molar-refractivity contribution is 9.10. The molecule has 2 rings (SSSR count). The number of alkyl halides is 3. The highest BCUT2D eigenvalue weighted by Crippen LogP contribution is 2.38. The predicted molar refractivity (Wildman–Crippen MR) is 72.7 cm³/mol. The molecule has 0 saturated heterocycles. The molecule has 1 amide bonds. The summed E-state index contributed by atoms with van der Waals surface area (Å²) < 4.78 is 47.1. The van der Waals surface area contributed by atoms with Crippen molar-refractivity contribution in [2.45, 2.75) is 6.18 Å². The van der Waals surface area contributed by atoms with Crippen molar-refractivity contribution < 1.29 is 27.4 Å². The lowest BCUT2D eigenvalue weighted by atomic mass is 10.2. The monoisotopic (exact) mass is 368 g/mol. The van der Waals surface area contributed by atoms with E-state index in [0.29, 0.717) is 34.9 Å². The Bertz CT molecular complexity index is 537. The predicted octanol–water partition coefficient (Wildman–Crippen LogP) is 2.31. The molecule has 0 aromatic heterocycles. The first kappa shape index (κ1) is 15.9. The van der Waals surface area contributed by atoms with Crippen LogP contribution in [0.3, 0.4) is 0 Å². The summed E-state index contributed by atoms with van der Waals surface area (Å²) in [6, 6.07) is 3.19. The zero-order chi connectivity index (χ0) is 15.5. The minimum atomic E-state index is -4.35. The van der Waals surface area contributed by atoms with Gasteiger partial charge in [0.1, 0.15) is 13.2 Å². The van der Waals surface area contributed by atoms with Crippen molar-refractivity contribution in [3.63, 3.8) is 0 Å². The summed E-state index contributed by atoms with van der Waals surface area (Å²) in [5, 5.41) is 4.51. The smallest absolute Gasteiger partial charge is 0.401 e. The first-order valence-corrected chi connectivity index (χ1v) is 6.81. The maximum absolute atomic E-state index is 12.0. The van der Waals surface area contributed by atoms with Crippen LogP contribution in [0.2, 0.25) is 0 Å². The van der Waals surface area contributed by atoms with E-state index in [2.05, 4.69) is 21.2 Å². The second kappa shape index (κ2) is 6.52. The van der Waals surface area contributed by atoms with Crippen LogP contribution in [-0.4, -0.2) is 38.4 Å². The molecule has 0 unspecified atom stereocenters. The molecule has 0 spiro atoms. The Morgan fingerprint density at radius 3 is 2.48 bits per heavy atom. The van der Waals surface area contributed by atoms with Crippen LogP contribution in [0.25, 0.3) is 0 Å². The van der Waals surface area contributed by atoms with Crippen LogP contribution in [0.5, 0.6) is 11.5 Å². The number of carbonyl (C=O) groups excluding carboxylic acids is 1. The Balaban J connectivity index is 1.94. The minimum Gasteiger partial charge on any atom is -0.486 e. The summed E-state index contributed by atoms with van der Waals surface area (Å²) in [5.41, 5.74) is 0.401. The van der Waals surface area contributed by atoms with E-state index in [0.717, 1.165) is 0 Å². The quantitative estimate of drug-likeness (QED) is 0.856. The summed E-state index contributed by atoms with van der Waals surface area (Å²) in [4.78, 5) is 11.6. The van der Waals surface area contributed by atoms with E-state index in [9.17, 15) is 18.0 Å². The third-order valence-electron chi connectivity index (χ3n) is 2.52. The molecule has 0 radical (unpaired) electrons. The fraction of sp³-hybridized carbons (Fsp3) is 0.417. The van der Waals surface area contributed by atoms with E-state index in [4.69, 9.17) is 9.47 Å². The van der Waals surface area contributed by atoms with Gasteiger partial charge in [0.15, 0.2) is 11.5 Å². The second-order valence-electron chi connectivity index (χ2n) is 4.24. The number of halogens is 4. The van der Waals surface area contributed by atoms with E-state index in [-0.39, 0.29) is 0 Å². The van der Waals surface area contributed by atoms with E-state index < -0.39 is 25.2 Å². The van der Waals surface area contributed by atoms with Crippen molar-refractivity contribution in [2.75, 3.05) is 31.6 Å². The molecule has 1 aromatic rings. The summed E-state index contributed by atoms with van der Waals surface area (Å²) in [7, 11) is 0. The number of amides is 1. The van der Waals surface area contributed by atoms with Gasteiger partial charge in [0.2, 0.25) is 5.91 Å². The molecule has 116 valence electrons. The Hall–Kier alpha value is -1.48. The highest BCUT2D eigenvalue weighted by Gasteiger charge is 2.26. The van der Waals surface area contributed by atoms with Crippen LogP contribution in [0.4, 0.5) is 18.9 Å². The minimum absolute atomic E-state index is 0.398. The molecular formula is C12H12BrF3N2O3. The van der Waals surface area contributed by atoms with Crippen LogP contribution in [-0.2, 0) is 4.79 Å². The molecule has 0 aliphatic carbocycles. The summed E-state index contributed by atoms with van der Waals surface area (Å²) >= 11 is 3.25. The average molecular weight is 369 g/mol. The van der Waals surface area contributed by atoms with Crippen molar-refractivity contribution in [3.05, 3.63) is 16.6 Å². The summed E-state index contributed by atoms with van der Waals surface area (Å²) in [6.07, 6.45) is -4.35. The van der Waals surface area contributed by atoms with Crippen molar-refractivity contribution in [1.29, 1.82) is 0 Å². The lowest BCUT2D eigenvalue weighted by molar-refractivity contribution is -0.126. The molecule has 1 heterocycles. The maximum atomic E-state index is 12.0. The van der Waals surface area contributed by atoms with Crippen LogP contribution in [0, 0.1) is 0 Å². The van der Waals surface area contributed by atoms with Gasteiger partial charge in [-0.25, -0.2) is 0 Å². The largest absolute Gasteiger partial charge is 0.486 e. The van der Waals surface area contributed by atoms with Gasteiger partial charge in [-0.1, -0.05) is 0 Å². The normalized spacial score (nSPS) is 13.9. The van der Waals surface area contributed by atoms with E-state index in [1.165, 1.54) is 0 Å². The van der Waals surface area contributed by atoms with Gasteiger partial charge in [0.05, 0.1) is 18.8 Å². The summed E-state index contributed by atoms with van der Waals surface area (Å²) in [6.45, 7) is -0.829. The molecule has 21 heavy (non-hydrogen) atoms. The molecule has 1 aromatic carbocycles. The van der Waals surface area contributed by atoms with Gasteiger partial charge in [0, 0.05) is 16.6 Å². The van der Waals surface area contributed by atoms with Gasteiger partial charge in [-0.3, -0.25) is 4.79 Å². The van der Waals surface area contributed by atoms with Crippen LogP contribution in [0.1, 0.15) is 0 Å². The number of hydrogen-bond donors (Lipinski definition) is 2. The second-order valence-corrected chi connectivity index (χ2v) is 5.10. The number of ether oxygens (including phenoxy) is 2. The Labute approximate surface area is 126 Å². The zero-order valence-electron chi connectivity index (χ0n) is 10.7. The lowest BCUT2D eigenvalue weighted by Crippen LogP contribution is -2.35. The molecule has 0 fully saturated rings. The van der Waals surface area contributed by atoms with Gasteiger partial charge < -0.3 is 20.1 Å². The van der Waals surface area contributed by atoms with Crippen LogP contribution < -0.4 is 20.1 Å². The third kappa shape index (κ3) is 4.78. The number of carbonyl (C=O) groups is 1. The number of fused-ring (bicyclic) bond motifs is 1. The van der Waals surface area contributed by atoms with Gasteiger partial charge >= 0.3 is 6.18 Å². The molecule has 9 heteroatoms. The first-order valence-electron chi connectivity index (χ1n) is 6.01. The third-order valence-corrected chi connectivity index (χ3v) is 3.17. The molecule has 0 bridgehead atoms. The zero-order valence-corrected chi connectivity index (χ0v) is 12.3. The Morgan fingerprint density at radius 2 is 1.86 bits per heavy atom. The standard InChI is InChI=1S/C12H12BrF3N2O3/c13-7-3-9-10(21-2-1-20-9)4-8(7)18-11(19)5-17-6-12(14,15)16/h3-4,17H,1-2,5-6H2,(H,18,19). The van der Waals surface area contributed by atoms with E-state index in [1.807, 2.05) is 5.32 Å². The number of benzene rings is 1. The molecule has 5 nitrogen and oxygen atoms in total. The van der Waals surface area contributed by atoms with Gasteiger partial charge in [-0.15, -0.1) is 0 Å². The first-order chi connectivity index (χ1) is 9.85. The molecule has 1 aliphatic heterocycles. The average Bonchev–Trinajstić information content (AvgIpc) is 2.38. The summed E-state index contributed by atoms with van der Waals surface area (Å²) in [5.74, 6) is 0.431. The molecule has 1 aliphatic rings. The van der Waals surface area contributed by atoms with Crippen molar-refractivity contribution in [1.82, 2.24) is 5.32 Å². The van der Waals surface area contributed by atoms with Crippen LogP contribution >= 0.6 is 15.9 Å². The molecule has 0 saturated carbocycles. The van der Waals surface area contributed by atoms with Gasteiger partial charge in [0.25, 0.3) is 0 Å². The van der Waals surface area contributed by atoms with Crippen LogP contribution in [0.15, 0.2) is 16.6 Å². The maximum Gasteiger partial charge on any atom is 0.401 e. The van der Waals surface area contributed by atoms with E-state index >= 15 is 0 Å². The SMILES string of the molecule is O=C(CNCC(F)(F)F)Nc1cc2c(cc1Br)OCCO2. The Kier molecular flexibility index (Phi) is 4.94. The molecule has 2 N–H and O–H groups in total. The number of rotatable bonds is 4. The van der Waals surface area contributed by atoms with Gasteiger partial charge in [-0.2, -0.15) is 13.2 Å². The fourth-order valence-electron chi connectivity index (χ4n) is 1.67. The van der Waals surface area contributed by atoms with Crippen molar-refractivity contribution >= 4 is 27.5 Å². The lowest BCUT2D eigenvalue weighted by Gasteiger charge is -2.20. The number of nitrogens with one attached hydrogen (secondary N) is 2. The Morgan fingerprint density at radius 1 is 1.24 bits per heavy atom. The molecular weight excluding hydrogens is 357 g/mol. The van der Waals surface area contributed by atoms with Gasteiger partial charge in [-0.05, 0) is 15.9 Å². The molecule has 0 atom stereocenters. The fourth-order valence-corrected chi connectivity index (χ4v) is 2.09. The highest BCUT2D eigenvalue weighted by atomic mass is 79.9. The van der Waals surface area contributed by atoms with E-state index in [1.54, 1.807) is 12.1 Å². The van der Waals surface area contributed by atoms with Crippen molar-refractivity contribution in [3.8, 4) is 11.5 Å². The number of anilines is 1. The number of hydrogen-bond acceptors (Lipinski definition) is 4.